The van der Waals surface area contributed by atoms with Gasteiger partial charge in [0.25, 0.3) is 0 Å². The number of unbranched alkanes of at least 4 members (excludes halogenated alkanes) is 1. The van der Waals surface area contributed by atoms with Crippen LogP contribution in [0.3, 0.4) is 0 Å². The van der Waals surface area contributed by atoms with Crippen molar-refractivity contribution in [3.05, 3.63) is 23.8 Å². The van der Waals surface area contributed by atoms with Crippen molar-refractivity contribution in [2.24, 2.45) is 0 Å². The monoisotopic (exact) mass is 339 g/mol. The molecule has 1 saturated carbocycles. The van der Waals surface area contributed by atoms with Gasteiger partial charge in [0.05, 0.1) is 16.6 Å². The van der Waals surface area contributed by atoms with Gasteiger partial charge in [0.1, 0.15) is 0 Å². The van der Waals surface area contributed by atoms with Crippen molar-refractivity contribution < 1.29 is 18.0 Å². The largest absolute Gasteiger partial charge is 0.416 e. The van der Waals surface area contributed by atoms with Gasteiger partial charge in [0.2, 0.25) is 11.9 Å². The van der Waals surface area contributed by atoms with Crippen LogP contribution in [0.15, 0.2) is 18.2 Å². The van der Waals surface area contributed by atoms with Crippen molar-refractivity contribution in [1.82, 2.24) is 9.55 Å². The molecule has 0 bridgehead atoms. The van der Waals surface area contributed by atoms with E-state index in [1.54, 1.807) is 4.57 Å². The lowest BCUT2D eigenvalue weighted by atomic mass is 9.92. The Morgan fingerprint density at radius 1 is 1.38 bits per heavy atom. The summed E-state index contributed by atoms with van der Waals surface area (Å²) < 4.78 is 40.8. The van der Waals surface area contributed by atoms with Gasteiger partial charge in [0.15, 0.2) is 0 Å². The van der Waals surface area contributed by atoms with Crippen molar-refractivity contribution in [3.63, 3.8) is 0 Å². The Balaban J connectivity index is 2.00. The van der Waals surface area contributed by atoms with Gasteiger partial charge in [-0.1, -0.05) is 13.3 Å². The molecule has 0 aliphatic heterocycles. The number of carbonyl (C=O) groups excluding carboxylic acids is 1. The smallest absolute Gasteiger partial charge is 0.307 e. The summed E-state index contributed by atoms with van der Waals surface area (Å²) in [5.41, 5.74) is 0.209. The van der Waals surface area contributed by atoms with Crippen LogP contribution in [-0.2, 0) is 11.0 Å². The molecule has 1 aromatic heterocycles. The standard InChI is InChI=1S/C17H20F3N3O/c1-2-3-7-15(24)22-16-21-13-9-8-11(17(18,19)20)10-14(13)23(16)12-5-4-6-12/h8-10,12H,2-7H2,1H3,(H,21,22,24). The van der Waals surface area contributed by atoms with Crippen LogP contribution in [0.2, 0.25) is 0 Å². The first-order chi connectivity index (χ1) is 11.4. The van der Waals surface area contributed by atoms with Crippen LogP contribution in [0.5, 0.6) is 0 Å². The highest BCUT2D eigenvalue weighted by molar-refractivity contribution is 5.91. The van der Waals surface area contributed by atoms with E-state index in [9.17, 15) is 18.0 Å². The zero-order valence-electron chi connectivity index (χ0n) is 13.5. The highest BCUT2D eigenvalue weighted by atomic mass is 19.4. The summed E-state index contributed by atoms with van der Waals surface area (Å²) in [6.45, 7) is 2.00. The van der Waals surface area contributed by atoms with Gasteiger partial charge in [-0.05, 0) is 43.9 Å². The van der Waals surface area contributed by atoms with Crippen LogP contribution >= 0.6 is 0 Å². The fourth-order valence-electron chi connectivity index (χ4n) is 2.90. The fourth-order valence-corrected chi connectivity index (χ4v) is 2.90. The van der Waals surface area contributed by atoms with E-state index in [1.165, 1.54) is 6.07 Å². The number of carbonyl (C=O) groups is 1. The van der Waals surface area contributed by atoms with Gasteiger partial charge in [0, 0.05) is 12.5 Å². The third-order valence-corrected chi connectivity index (χ3v) is 4.47. The Kier molecular flexibility index (Phi) is 4.51. The Labute approximate surface area is 138 Å². The molecular weight excluding hydrogens is 319 g/mol. The lowest BCUT2D eigenvalue weighted by Gasteiger charge is -2.29. The van der Waals surface area contributed by atoms with Gasteiger partial charge in [-0.25, -0.2) is 4.98 Å². The number of halogens is 3. The number of nitrogens with one attached hydrogen (secondary N) is 1. The Hall–Kier alpha value is -2.05. The van der Waals surface area contributed by atoms with Crippen LogP contribution in [0.1, 0.15) is 57.1 Å². The van der Waals surface area contributed by atoms with Crippen molar-refractivity contribution in [1.29, 1.82) is 0 Å². The van der Waals surface area contributed by atoms with Crippen LogP contribution in [0.25, 0.3) is 11.0 Å². The van der Waals surface area contributed by atoms with E-state index in [0.29, 0.717) is 23.4 Å². The summed E-state index contributed by atoms with van der Waals surface area (Å²) in [4.78, 5) is 16.4. The summed E-state index contributed by atoms with van der Waals surface area (Å²) in [7, 11) is 0. The first kappa shape index (κ1) is 16.8. The van der Waals surface area contributed by atoms with Crippen LogP contribution < -0.4 is 5.32 Å². The van der Waals surface area contributed by atoms with E-state index >= 15 is 0 Å². The molecule has 7 heteroatoms. The zero-order valence-corrected chi connectivity index (χ0v) is 13.5. The van der Waals surface area contributed by atoms with Gasteiger partial charge in [-0.3, -0.25) is 10.1 Å². The van der Waals surface area contributed by atoms with Gasteiger partial charge in [-0.2, -0.15) is 13.2 Å². The molecule has 1 aliphatic carbocycles. The average molecular weight is 339 g/mol. The molecule has 1 fully saturated rings. The number of alkyl halides is 3. The Morgan fingerprint density at radius 2 is 2.12 bits per heavy atom. The number of nitrogens with zero attached hydrogens (tertiary/aromatic N) is 2. The quantitative estimate of drug-likeness (QED) is 0.841. The molecule has 0 saturated heterocycles. The molecule has 2 aromatic rings. The summed E-state index contributed by atoms with van der Waals surface area (Å²) in [5.74, 6) is 0.207. The SMILES string of the molecule is CCCCC(=O)Nc1nc2ccc(C(F)(F)F)cc2n1C1CCC1. The predicted octanol–water partition coefficient (Wildman–Crippen LogP) is 4.91. The number of amides is 1. The normalized spacial score (nSPS) is 15.5. The molecule has 1 amide bonds. The summed E-state index contributed by atoms with van der Waals surface area (Å²) in [6, 6.07) is 3.63. The molecule has 0 atom stereocenters. The van der Waals surface area contributed by atoms with Crippen molar-refractivity contribution in [2.75, 3.05) is 5.32 Å². The highest BCUT2D eigenvalue weighted by Gasteiger charge is 2.32. The van der Waals surface area contributed by atoms with Crippen molar-refractivity contribution in [2.45, 2.75) is 57.7 Å². The highest BCUT2D eigenvalue weighted by Crippen LogP contribution is 2.39. The molecule has 0 radical (unpaired) electrons. The summed E-state index contributed by atoms with van der Waals surface area (Å²) >= 11 is 0. The topological polar surface area (TPSA) is 46.9 Å². The fraction of sp³-hybridized carbons (Fsp3) is 0.529. The number of aromatic nitrogens is 2. The first-order valence-corrected chi connectivity index (χ1v) is 8.29. The molecule has 0 unspecified atom stereocenters. The average Bonchev–Trinajstić information content (AvgIpc) is 2.80. The Bertz CT molecular complexity index is 747. The molecular formula is C17H20F3N3O. The second kappa shape index (κ2) is 6.45. The molecule has 1 aliphatic rings. The van der Waals surface area contributed by atoms with Gasteiger partial charge < -0.3 is 4.57 Å². The minimum Gasteiger partial charge on any atom is -0.307 e. The van der Waals surface area contributed by atoms with Crippen LogP contribution in [0.4, 0.5) is 19.1 Å². The molecule has 130 valence electrons. The Morgan fingerprint density at radius 3 is 2.71 bits per heavy atom. The van der Waals surface area contributed by atoms with Gasteiger partial charge in [-0.15, -0.1) is 0 Å². The van der Waals surface area contributed by atoms with Crippen molar-refractivity contribution in [3.8, 4) is 0 Å². The number of benzene rings is 1. The number of fused-ring (bicyclic) bond motifs is 1. The van der Waals surface area contributed by atoms with E-state index in [2.05, 4.69) is 10.3 Å². The van der Waals surface area contributed by atoms with Crippen molar-refractivity contribution >= 4 is 22.9 Å². The van der Waals surface area contributed by atoms with Crippen LogP contribution in [-0.4, -0.2) is 15.5 Å². The van der Waals surface area contributed by atoms with E-state index in [0.717, 1.165) is 44.2 Å². The van der Waals surface area contributed by atoms with E-state index in [1.807, 2.05) is 6.92 Å². The zero-order chi connectivity index (χ0) is 17.3. The maximum absolute atomic E-state index is 13.0. The lowest BCUT2D eigenvalue weighted by molar-refractivity contribution is -0.137. The molecule has 3 rings (SSSR count). The molecule has 24 heavy (non-hydrogen) atoms. The molecule has 1 N–H and O–H groups in total. The second-order valence-electron chi connectivity index (χ2n) is 6.24. The van der Waals surface area contributed by atoms with E-state index < -0.39 is 11.7 Å². The number of hydrogen-bond donors (Lipinski definition) is 1. The minimum atomic E-state index is -4.40. The van der Waals surface area contributed by atoms with Gasteiger partial charge >= 0.3 is 6.18 Å². The number of rotatable bonds is 5. The molecule has 1 heterocycles. The lowest BCUT2D eigenvalue weighted by Crippen LogP contribution is -2.22. The third-order valence-electron chi connectivity index (χ3n) is 4.47. The van der Waals surface area contributed by atoms with E-state index in [-0.39, 0.29) is 11.9 Å². The summed E-state index contributed by atoms with van der Waals surface area (Å²) in [5, 5.41) is 2.77. The summed E-state index contributed by atoms with van der Waals surface area (Å²) in [6.07, 6.45) is 0.478. The number of imidazole rings is 1. The maximum Gasteiger partial charge on any atom is 0.416 e. The molecule has 4 nitrogen and oxygen atoms in total. The number of anilines is 1. The van der Waals surface area contributed by atoms with Crippen LogP contribution in [0, 0.1) is 0 Å². The molecule has 0 spiro atoms. The first-order valence-electron chi connectivity index (χ1n) is 8.29. The van der Waals surface area contributed by atoms with E-state index in [4.69, 9.17) is 0 Å². The molecule has 1 aromatic carbocycles. The minimum absolute atomic E-state index is 0.0972. The second-order valence-corrected chi connectivity index (χ2v) is 6.24. The predicted molar refractivity (Wildman–Crippen MR) is 85.8 cm³/mol. The number of hydrogen-bond acceptors (Lipinski definition) is 2. The maximum atomic E-state index is 13.0. The third kappa shape index (κ3) is 3.25.